The van der Waals surface area contributed by atoms with Gasteiger partial charge in [-0.3, -0.25) is 4.79 Å². The van der Waals surface area contributed by atoms with E-state index in [4.69, 9.17) is 9.84 Å². The van der Waals surface area contributed by atoms with Gasteiger partial charge in [-0.15, -0.1) is 0 Å². The number of benzene rings is 1. The first-order valence-electron chi connectivity index (χ1n) is 4.49. The Labute approximate surface area is 83.3 Å². The van der Waals surface area contributed by atoms with Crippen LogP contribution in [0.25, 0.3) is 0 Å². The highest BCUT2D eigenvalue weighted by Gasteiger charge is 2.11. The van der Waals surface area contributed by atoms with Gasteiger partial charge in [-0.25, -0.2) is 0 Å². The quantitative estimate of drug-likeness (QED) is 0.797. The van der Waals surface area contributed by atoms with Crippen molar-refractivity contribution in [3.63, 3.8) is 0 Å². The van der Waals surface area contributed by atoms with Crippen molar-refractivity contribution in [2.45, 2.75) is 13.3 Å². The summed E-state index contributed by atoms with van der Waals surface area (Å²) in [5, 5.41) is 8.74. The minimum absolute atomic E-state index is 0.359. The molecule has 0 amide bonds. The number of carbonyl (C=O) groups is 1. The number of methoxy groups -OCH3 is 1. The van der Waals surface area contributed by atoms with Crippen LogP contribution in [0.5, 0.6) is 5.75 Å². The van der Waals surface area contributed by atoms with E-state index in [-0.39, 0.29) is 5.92 Å². The van der Waals surface area contributed by atoms with E-state index in [1.54, 1.807) is 14.0 Å². The summed E-state index contributed by atoms with van der Waals surface area (Å²) in [4.78, 5) is 10.6. The average Bonchev–Trinajstić information content (AvgIpc) is 2.18. The van der Waals surface area contributed by atoms with E-state index in [1.807, 2.05) is 24.3 Å². The smallest absolute Gasteiger partial charge is 0.306 e. The molecule has 0 aliphatic rings. The zero-order chi connectivity index (χ0) is 10.6. The highest BCUT2D eigenvalue weighted by Crippen LogP contribution is 2.15. The van der Waals surface area contributed by atoms with Crippen molar-refractivity contribution >= 4 is 5.97 Å². The molecule has 0 aliphatic carbocycles. The summed E-state index contributed by atoms with van der Waals surface area (Å²) in [5.74, 6) is -0.366. The lowest BCUT2D eigenvalue weighted by atomic mass is 10.0. The molecule has 0 bridgehead atoms. The van der Waals surface area contributed by atoms with Gasteiger partial charge in [0.15, 0.2) is 0 Å². The SMILES string of the molecule is COc1cccc(C[C@H](C)C(=O)O)c1. The Morgan fingerprint density at radius 1 is 1.57 bits per heavy atom. The zero-order valence-corrected chi connectivity index (χ0v) is 8.36. The molecular weight excluding hydrogens is 180 g/mol. The number of carboxylic acid groups (broad SMARTS) is 1. The van der Waals surface area contributed by atoms with Crippen LogP contribution < -0.4 is 4.74 Å². The van der Waals surface area contributed by atoms with Gasteiger partial charge >= 0.3 is 5.97 Å². The van der Waals surface area contributed by atoms with Gasteiger partial charge in [-0.1, -0.05) is 19.1 Å². The maximum atomic E-state index is 10.6. The summed E-state index contributed by atoms with van der Waals surface area (Å²) >= 11 is 0. The van der Waals surface area contributed by atoms with Crippen LogP contribution >= 0.6 is 0 Å². The fraction of sp³-hybridized carbons (Fsp3) is 0.364. The molecule has 1 atom stereocenters. The van der Waals surface area contributed by atoms with Crippen molar-refractivity contribution in [1.82, 2.24) is 0 Å². The molecule has 1 aromatic carbocycles. The number of hydrogen-bond donors (Lipinski definition) is 1. The number of rotatable bonds is 4. The Balaban J connectivity index is 2.71. The third-order valence-corrected chi connectivity index (χ3v) is 2.10. The molecule has 0 radical (unpaired) electrons. The Kier molecular flexibility index (Phi) is 3.51. The monoisotopic (exact) mass is 194 g/mol. The lowest BCUT2D eigenvalue weighted by molar-refractivity contribution is -0.141. The highest BCUT2D eigenvalue weighted by atomic mass is 16.5. The number of carboxylic acids is 1. The Morgan fingerprint density at radius 3 is 2.86 bits per heavy atom. The molecule has 0 aliphatic heterocycles. The molecule has 0 heterocycles. The van der Waals surface area contributed by atoms with Gasteiger partial charge in [-0.2, -0.15) is 0 Å². The largest absolute Gasteiger partial charge is 0.497 e. The zero-order valence-electron chi connectivity index (χ0n) is 8.36. The first-order chi connectivity index (χ1) is 6.63. The van der Waals surface area contributed by atoms with Crippen LogP contribution in [0.1, 0.15) is 12.5 Å². The van der Waals surface area contributed by atoms with E-state index < -0.39 is 5.97 Å². The maximum absolute atomic E-state index is 10.6. The molecule has 3 heteroatoms. The van der Waals surface area contributed by atoms with Crippen molar-refractivity contribution in [1.29, 1.82) is 0 Å². The van der Waals surface area contributed by atoms with Crippen molar-refractivity contribution in [2.75, 3.05) is 7.11 Å². The predicted octanol–water partition coefficient (Wildman–Crippen LogP) is 1.96. The topological polar surface area (TPSA) is 46.5 Å². The summed E-state index contributed by atoms with van der Waals surface area (Å²) < 4.78 is 5.05. The second-order valence-electron chi connectivity index (χ2n) is 3.29. The molecule has 1 rings (SSSR count). The molecule has 0 aromatic heterocycles. The van der Waals surface area contributed by atoms with E-state index in [0.29, 0.717) is 6.42 Å². The van der Waals surface area contributed by atoms with Crippen LogP contribution in [0.3, 0.4) is 0 Å². The van der Waals surface area contributed by atoms with Crippen LogP contribution in [0.15, 0.2) is 24.3 Å². The molecule has 14 heavy (non-hydrogen) atoms. The van der Waals surface area contributed by atoms with Gasteiger partial charge in [-0.05, 0) is 24.1 Å². The van der Waals surface area contributed by atoms with E-state index in [1.165, 1.54) is 0 Å². The Hall–Kier alpha value is -1.51. The van der Waals surface area contributed by atoms with Crippen LogP contribution in [0.2, 0.25) is 0 Å². The molecule has 0 spiro atoms. The molecule has 0 saturated carbocycles. The standard InChI is InChI=1S/C11H14O3/c1-8(11(12)13)6-9-4-3-5-10(7-9)14-2/h3-5,7-8H,6H2,1-2H3,(H,12,13)/t8-/m0/s1. The van der Waals surface area contributed by atoms with Crippen LogP contribution in [0.4, 0.5) is 0 Å². The predicted molar refractivity (Wildman–Crippen MR) is 53.5 cm³/mol. The van der Waals surface area contributed by atoms with Crippen molar-refractivity contribution in [2.24, 2.45) is 5.92 Å². The number of aliphatic carboxylic acids is 1. The first kappa shape index (κ1) is 10.6. The summed E-state index contributed by atoms with van der Waals surface area (Å²) in [6.07, 6.45) is 0.534. The summed E-state index contributed by atoms with van der Waals surface area (Å²) in [5.41, 5.74) is 0.985. The molecule has 0 unspecified atom stereocenters. The minimum Gasteiger partial charge on any atom is -0.497 e. The molecule has 1 N–H and O–H groups in total. The lowest BCUT2D eigenvalue weighted by Gasteiger charge is -2.07. The van der Waals surface area contributed by atoms with E-state index >= 15 is 0 Å². The third-order valence-electron chi connectivity index (χ3n) is 2.10. The second-order valence-corrected chi connectivity index (χ2v) is 3.29. The van der Waals surface area contributed by atoms with Gasteiger partial charge in [0.1, 0.15) is 5.75 Å². The molecule has 1 aromatic rings. The van der Waals surface area contributed by atoms with E-state index in [0.717, 1.165) is 11.3 Å². The number of hydrogen-bond acceptors (Lipinski definition) is 2. The van der Waals surface area contributed by atoms with Crippen LogP contribution in [-0.4, -0.2) is 18.2 Å². The minimum atomic E-state index is -0.771. The van der Waals surface area contributed by atoms with Gasteiger partial charge in [0, 0.05) is 0 Å². The van der Waals surface area contributed by atoms with E-state index in [9.17, 15) is 4.79 Å². The van der Waals surface area contributed by atoms with Gasteiger partial charge in [0.2, 0.25) is 0 Å². The van der Waals surface area contributed by atoms with Gasteiger partial charge in [0.25, 0.3) is 0 Å². The molecule has 3 nitrogen and oxygen atoms in total. The van der Waals surface area contributed by atoms with Crippen LogP contribution in [-0.2, 0) is 11.2 Å². The second kappa shape index (κ2) is 4.65. The highest BCUT2D eigenvalue weighted by molar-refractivity contribution is 5.69. The van der Waals surface area contributed by atoms with Crippen molar-refractivity contribution < 1.29 is 14.6 Å². The maximum Gasteiger partial charge on any atom is 0.306 e. The van der Waals surface area contributed by atoms with E-state index in [2.05, 4.69) is 0 Å². The summed E-state index contributed by atoms with van der Waals surface area (Å²) in [6.45, 7) is 1.70. The van der Waals surface area contributed by atoms with Crippen molar-refractivity contribution in [3.05, 3.63) is 29.8 Å². The van der Waals surface area contributed by atoms with Gasteiger partial charge < -0.3 is 9.84 Å². The molecule has 0 saturated heterocycles. The van der Waals surface area contributed by atoms with Crippen LogP contribution in [0, 0.1) is 5.92 Å². The Bertz CT molecular complexity index is 320. The fourth-order valence-electron chi connectivity index (χ4n) is 1.24. The molecule has 0 fully saturated rings. The molecule has 76 valence electrons. The third kappa shape index (κ3) is 2.76. The summed E-state index contributed by atoms with van der Waals surface area (Å²) in [6, 6.07) is 7.47. The fourth-order valence-corrected chi connectivity index (χ4v) is 1.24. The lowest BCUT2D eigenvalue weighted by Crippen LogP contribution is -2.12. The Morgan fingerprint density at radius 2 is 2.29 bits per heavy atom. The number of ether oxygens (including phenoxy) is 1. The van der Waals surface area contributed by atoms with Crippen molar-refractivity contribution in [3.8, 4) is 5.75 Å². The molecular formula is C11H14O3. The average molecular weight is 194 g/mol. The summed E-state index contributed by atoms with van der Waals surface area (Å²) in [7, 11) is 1.60. The normalized spacial score (nSPS) is 12.1. The first-order valence-corrected chi connectivity index (χ1v) is 4.49. The van der Waals surface area contributed by atoms with Gasteiger partial charge in [0.05, 0.1) is 13.0 Å².